The van der Waals surface area contributed by atoms with E-state index in [0.29, 0.717) is 29.4 Å². The molecule has 29 heavy (non-hydrogen) atoms. The van der Waals surface area contributed by atoms with Crippen LogP contribution < -0.4 is 10.1 Å². The minimum Gasteiger partial charge on any atom is -0.486 e. The normalized spacial score (nSPS) is 10.7. The Morgan fingerprint density at radius 2 is 2.03 bits per heavy atom. The van der Waals surface area contributed by atoms with Gasteiger partial charge in [-0.15, -0.1) is 11.3 Å². The minimum atomic E-state index is -0.264. The van der Waals surface area contributed by atoms with Gasteiger partial charge in [-0.3, -0.25) is 4.79 Å². The maximum atomic E-state index is 12.8. The van der Waals surface area contributed by atoms with Crippen LogP contribution in [0.2, 0.25) is 0 Å². The summed E-state index contributed by atoms with van der Waals surface area (Å²) in [7, 11) is 0. The molecular formula is C21H19N5O2S. The van der Waals surface area contributed by atoms with Gasteiger partial charge in [-0.05, 0) is 44.2 Å². The van der Waals surface area contributed by atoms with Crippen LogP contribution in [0.4, 0.5) is 5.69 Å². The lowest BCUT2D eigenvalue weighted by molar-refractivity contribution is 0.102. The molecule has 0 saturated carbocycles. The predicted molar refractivity (Wildman–Crippen MR) is 112 cm³/mol. The maximum absolute atomic E-state index is 12.8. The molecule has 0 saturated heterocycles. The number of ether oxygens (including phenoxy) is 1. The lowest BCUT2D eigenvalue weighted by atomic mass is 10.2. The highest BCUT2D eigenvalue weighted by Gasteiger charge is 2.13. The van der Waals surface area contributed by atoms with Crippen molar-refractivity contribution in [3.8, 4) is 11.6 Å². The second-order valence-electron chi connectivity index (χ2n) is 6.46. The van der Waals surface area contributed by atoms with Gasteiger partial charge in [-0.25, -0.2) is 14.6 Å². The number of nitrogens with zero attached hydrogens (tertiary/aromatic N) is 4. The molecule has 0 aliphatic heterocycles. The van der Waals surface area contributed by atoms with Crippen molar-refractivity contribution in [3.63, 3.8) is 0 Å². The van der Waals surface area contributed by atoms with Gasteiger partial charge in [-0.2, -0.15) is 5.10 Å². The SMILES string of the molecule is Cc1cc(C)n(-c2ccc(NC(=O)c3ccccc3OCc3cscn3)cn2)n1. The second-order valence-corrected chi connectivity index (χ2v) is 7.18. The number of para-hydroxylation sites is 1. The van der Waals surface area contributed by atoms with Crippen LogP contribution in [0.25, 0.3) is 5.82 Å². The van der Waals surface area contributed by atoms with E-state index >= 15 is 0 Å². The van der Waals surface area contributed by atoms with Gasteiger partial charge in [0, 0.05) is 11.1 Å². The van der Waals surface area contributed by atoms with Gasteiger partial charge in [0.2, 0.25) is 0 Å². The average molecular weight is 405 g/mol. The van der Waals surface area contributed by atoms with E-state index < -0.39 is 0 Å². The first-order chi connectivity index (χ1) is 14.1. The Balaban J connectivity index is 1.47. The Labute approximate surface area is 172 Å². The molecule has 0 aliphatic carbocycles. The number of amides is 1. The molecule has 1 aromatic carbocycles. The lowest BCUT2D eigenvalue weighted by Gasteiger charge is -2.11. The van der Waals surface area contributed by atoms with Crippen LogP contribution in [0.15, 0.2) is 59.6 Å². The van der Waals surface area contributed by atoms with Crippen molar-refractivity contribution in [3.05, 3.63) is 82.2 Å². The first kappa shape index (κ1) is 18.8. The quantitative estimate of drug-likeness (QED) is 0.521. The Morgan fingerprint density at radius 3 is 2.72 bits per heavy atom. The molecule has 1 N–H and O–H groups in total. The summed E-state index contributed by atoms with van der Waals surface area (Å²) in [5.74, 6) is 0.936. The molecule has 3 aromatic heterocycles. The van der Waals surface area contributed by atoms with E-state index in [-0.39, 0.29) is 5.91 Å². The van der Waals surface area contributed by atoms with Crippen molar-refractivity contribution in [2.75, 3.05) is 5.32 Å². The molecule has 4 rings (SSSR count). The van der Waals surface area contributed by atoms with Gasteiger partial charge < -0.3 is 10.1 Å². The van der Waals surface area contributed by atoms with Crippen molar-refractivity contribution in [1.29, 1.82) is 0 Å². The topological polar surface area (TPSA) is 81.9 Å². The van der Waals surface area contributed by atoms with Gasteiger partial charge in [0.25, 0.3) is 5.91 Å². The van der Waals surface area contributed by atoms with E-state index in [1.807, 2.05) is 37.4 Å². The number of pyridine rings is 1. The van der Waals surface area contributed by atoms with E-state index in [9.17, 15) is 4.79 Å². The van der Waals surface area contributed by atoms with Crippen LogP contribution in [0.5, 0.6) is 5.75 Å². The van der Waals surface area contributed by atoms with Crippen LogP contribution in [-0.4, -0.2) is 25.7 Å². The van der Waals surface area contributed by atoms with Gasteiger partial charge in [0.05, 0.1) is 34.3 Å². The summed E-state index contributed by atoms with van der Waals surface area (Å²) in [5.41, 5.74) is 5.54. The second kappa shape index (κ2) is 8.24. The largest absolute Gasteiger partial charge is 0.486 e. The fraction of sp³-hybridized carbons (Fsp3) is 0.143. The van der Waals surface area contributed by atoms with Gasteiger partial charge >= 0.3 is 0 Å². The highest BCUT2D eigenvalue weighted by molar-refractivity contribution is 7.07. The number of carbonyl (C=O) groups is 1. The third-order valence-corrected chi connectivity index (χ3v) is 4.86. The summed E-state index contributed by atoms with van der Waals surface area (Å²) in [6, 6.07) is 12.7. The summed E-state index contributed by atoms with van der Waals surface area (Å²) in [4.78, 5) is 21.4. The fourth-order valence-electron chi connectivity index (χ4n) is 2.89. The van der Waals surface area contributed by atoms with E-state index in [0.717, 1.165) is 17.1 Å². The van der Waals surface area contributed by atoms with Crippen LogP contribution in [0, 0.1) is 13.8 Å². The summed E-state index contributed by atoms with van der Waals surface area (Å²) in [6.07, 6.45) is 1.61. The lowest BCUT2D eigenvalue weighted by Crippen LogP contribution is -2.14. The molecule has 0 aliphatic rings. The van der Waals surface area contributed by atoms with Gasteiger partial charge in [-0.1, -0.05) is 12.1 Å². The van der Waals surface area contributed by atoms with Crippen molar-refractivity contribution in [2.45, 2.75) is 20.5 Å². The molecule has 1 amide bonds. The van der Waals surface area contributed by atoms with Crippen LogP contribution in [0.3, 0.4) is 0 Å². The highest BCUT2D eigenvalue weighted by Crippen LogP contribution is 2.21. The molecule has 0 fully saturated rings. The zero-order valence-corrected chi connectivity index (χ0v) is 16.8. The number of nitrogens with one attached hydrogen (secondary N) is 1. The monoisotopic (exact) mass is 405 g/mol. The predicted octanol–water partition coefficient (Wildman–Crippen LogP) is 4.17. The smallest absolute Gasteiger partial charge is 0.259 e. The number of carbonyl (C=O) groups excluding carboxylic acids is 1. The Kier molecular flexibility index (Phi) is 5.35. The van der Waals surface area contributed by atoms with Gasteiger partial charge in [0.1, 0.15) is 12.4 Å². The summed E-state index contributed by atoms with van der Waals surface area (Å²) < 4.78 is 7.56. The van der Waals surface area contributed by atoms with Crippen LogP contribution in [-0.2, 0) is 6.61 Å². The molecular weight excluding hydrogens is 386 g/mol. The summed E-state index contributed by atoms with van der Waals surface area (Å²) in [6.45, 7) is 4.22. The Morgan fingerprint density at radius 1 is 1.17 bits per heavy atom. The number of hydrogen-bond acceptors (Lipinski definition) is 6. The average Bonchev–Trinajstić information content (AvgIpc) is 3.36. The molecule has 3 heterocycles. The number of benzene rings is 1. The van der Waals surface area contributed by atoms with Crippen LogP contribution >= 0.6 is 11.3 Å². The molecule has 4 aromatic rings. The number of aryl methyl sites for hydroxylation is 2. The molecule has 0 radical (unpaired) electrons. The number of anilines is 1. The third-order valence-electron chi connectivity index (χ3n) is 4.22. The molecule has 8 heteroatoms. The number of aromatic nitrogens is 4. The zero-order chi connectivity index (χ0) is 20.2. The van der Waals surface area contributed by atoms with E-state index in [1.54, 1.807) is 40.7 Å². The van der Waals surface area contributed by atoms with E-state index in [1.165, 1.54) is 11.3 Å². The number of thiazole rings is 1. The third kappa shape index (κ3) is 4.33. The van der Waals surface area contributed by atoms with Crippen LogP contribution in [0.1, 0.15) is 27.4 Å². The summed E-state index contributed by atoms with van der Waals surface area (Å²) in [5, 5.41) is 9.20. The number of rotatable bonds is 6. The zero-order valence-electron chi connectivity index (χ0n) is 16.0. The van der Waals surface area contributed by atoms with Crippen molar-refractivity contribution >= 4 is 22.9 Å². The van der Waals surface area contributed by atoms with Crippen molar-refractivity contribution < 1.29 is 9.53 Å². The maximum Gasteiger partial charge on any atom is 0.259 e. The molecule has 7 nitrogen and oxygen atoms in total. The minimum absolute atomic E-state index is 0.264. The van der Waals surface area contributed by atoms with Crippen molar-refractivity contribution in [1.82, 2.24) is 19.7 Å². The van der Waals surface area contributed by atoms with Gasteiger partial charge in [0.15, 0.2) is 5.82 Å². The Bertz CT molecular complexity index is 1120. The van der Waals surface area contributed by atoms with E-state index in [4.69, 9.17) is 4.74 Å². The molecule has 0 bridgehead atoms. The first-order valence-electron chi connectivity index (χ1n) is 9.00. The Hall–Kier alpha value is -3.52. The first-order valence-corrected chi connectivity index (χ1v) is 9.94. The van der Waals surface area contributed by atoms with Crippen molar-refractivity contribution in [2.24, 2.45) is 0 Å². The molecule has 0 spiro atoms. The molecule has 146 valence electrons. The van der Waals surface area contributed by atoms with E-state index in [2.05, 4.69) is 20.4 Å². The standard InChI is InChI=1S/C21H19N5O2S/c1-14-9-15(2)26(25-14)20-8-7-16(10-22-20)24-21(27)18-5-3-4-6-19(18)28-11-17-12-29-13-23-17/h3-10,12-13H,11H2,1-2H3,(H,24,27). The molecule has 0 unspecified atom stereocenters. The highest BCUT2D eigenvalue weighted by atomic mass is 32.1. The number of hydrogen-bond donors (Lipinski definition) is 1. The fourth-order valence-corrected chi connectivity index (χ4v) is 3.43. The molecule has 0 atom stereocenters. The summed E-state index contributed by atoms with van der Waals surface area (Å²) >= 11 is 1.51.